The molecule has 74 heavy (non-hydrogen) atoms. The highest BCUT2D eigenvalue weighted by Crippen LogP contribution is 2.62. The number of hydrogen-bond donors (Lipinski definition) is 0. The van der Waals surface area contributed by atoms with Crippen molar-refractivity contribution in [3.8, 4) is 33.4 Å². The second-order valence-electron chi connectivity index (χ2n) is 19.8. The standard InChI is InChI=1S/C72H47NO/c1-5-24-51(25-6-1)71(52-26-7-2-8-27-52)63-36-19-16-34-59(63)70-64(71)37-21-39-67(70)73(66-38-20-17-32-56(66)50-40-43-68-60(45-50)61-44-48-22-13-14-23-49(48)46-69(61)74-68)55-41-42-58-57-33-15-18-35-62(57)72(65(58)47-55,53-28-9-3-10-29-53)54-30-11-4-12-31-54/h1-47H. The minimum absolute atomic E-state index is 0.581. The van der Waals surface area contributed by atoms with Gasteiger partial charge in [-0.05, 0) is 126 Å². The van der Waals surface area contributed by atoms with Crippen LogP contribution in [0.15, 0.2) is 290 Å². The van der Waals surface area contributed by atoms with E-state index in [2.05, 4.69) is 290 Å². The Morgan fingerprint density at radius 3 is 1.41 bits per heavy atom. The van der Waals surface area contributed by atoms with E-state index in [1.165, 1.54) is 77.5 Å². The first-order chi connectivity index (χ1) is 36.7. The zero-order valence-electron chi connectivity index (χ0n) is 40.5. The van der Waals surface area contributed by atoms with Gasteiger partial charge in [-0.15, -0.1) is 0 Å². The highest BCUT2D eigenvalue weighted by molar-refractivity contribution is 6.11. The lowest BCUT2D eigenvalue weighted by atomic mass is 9.67. The smallest absolute Gasteiger partial charge is 0.136 e. The van der Waals surface area contributed by atoms with Crippen molar-refractivity contribution in [2.24, 2.45) is 0 Å². The molecule has 15 rings (SSSR count). The predicted molar refractivity (Wildman–Crippen MR) is 306 cm³/mol. The average Bonchev–Trinajstić information content (AvgIpc) is 4.18. The molecule has 12 aromatic carbocycles. The first kappa shape index (κ1) is 42.2. The van der Waals surface area contributed by atoms with Gasteiger partial charge in [-0.25, -0.2) is 0 Å². The Labute approximate surface area is 430 Å². The third kappa shape index (κ3) is 6.00. The maximum atomic E-state index is 6.60. The van der Waals surface area contributed by atoms with E-state index in [1.54, 1.807) is 0 Å². The molecule has 0 saturated heterocycles. The van der Waals surface area contributed by atoms with Gasteiger partial charge in [0.25, 0.3) is 0 Å². The molecule has 0 aliphatic heterocycles. The van der Waals surface area contributed by atoms with Crippen LogP contribution in [0.4, 0.5) is 17.1 Å². The third-order valence-electron chi connectivity index (χ3n) is 16.2. The summed E-state index contributed by atoms with van der Waals surface area (Å²) in [7, 11) is 0. The minimum atomic E-state index is -0.589. The SMILES string of the molecule is c1ccc(C2(c3ccccc3)c3ccccc3-c3ccc(N(c4ccccc4-c4ccc5oc6cc7ccccc7cc6c5c4)c4cccc5c4-c4ccccc4C5(c4ccccc4)c4ccccc4)cc32)cc1. The number of benzene rings is 12. The van der Waals surface area contributed by atoms with Crippen LogP contribution < -0.4 is 4.90 Å². The molecule has 346 valence electrons. The zero-order chi connectivity index (χ0) is 48.8. The summed E-state index contributed by atoms with van der Waals surface area (Å²) in [5.41, 5.74) is 21.0. The monoisotopic (exact) mass is 941 g/mol. The van der Waals surface area contributed by atoms with Crippen LogP contribution in [0, 0.1) is 0 Å². The highest BCUT2D eigenvalue weighted by atomic mass is 16.3. The van der Waals surface area contributed by atoms with Crippen molar-refractivity contribution in [1.29, 1.82) is 0 Å². The summed E-state index contributed by atoms with van der Waals surface area (Å²) in [6.45, 7) is 0. The van der Waals surface area contributed by atoms with E-state index in [1.807, 2.05) is 0 Å². The van der Waals surface area contributed by atoms with E-state index in [-0.39, 0.29) is 0 Å². The van der Waals surface area contributed by atoms with Gasteiger partial charge < -0.3 is 9.32 Å². The van der Waals surface area contributed by atoms with Crippen molar-refractivity contribution < 1.29 is 4.42 Å². The van der Waals surface area contributed by atoms with Gasteiger partial charge in [-0.2, -0.15) is 0 Å². The molecule has 2 aliphatic rings. The highest BCUT2D eigenvalue weighted by Gasteiger charge is 2.49. The van der Waals surface area contributed by atoms with Gasteiger partial charge in [0.1, 0.15) is 11.2 Å². The van der Waals surface area contributed by atoms with Gasteiger partial charge >= 0.3 is 0 Å². The van der Waals surface area contributed by atoms with Crippen molar-refractivity contribution in [3.05, 3.63) is 330 Å². The normalized spacial score (nSPS) is 13.6. The van der Waals surface area contributed by atoms with Crippen molar-refractivity contribution >= 4 is 49.8 Å². The molecule has 0 unspecified atom stereocenters. The first-order valence-electron chi connectivity index (χ1n) is 25.7. The van der Waals surface area contributed by atoms with Gasteiger partial charge in [-0.1, -0.05) is 237 Å². The van der Waals surface area contributed by atoms with E-state index >= 15 is 0 Å². The van der Waals surface area contributed by atoms with Crippen molar-refractivity contribution in [3.63, 3.8) is 0 Å². The molecule has 0 amide bonds. The van der Waals surface area contributed by atoms with Crippen LogP contribution in [0.5, 0.6) is 0 Å². The minimum Gasteiger partial charge on any atom is -0.456 e. The zero-order valence-corrected chi connectivity index (χ0v) is 40.5. The van der Waals surface area contributed by atoms with Crippen LogP contribution in [-0.2, 0) is 10.8 Å². The fraction of sp³-hybridized carbons (Fsp3) is 0.0278. The van der Waals surface area contributed by atoms with E-state index in [0.29, 0.717) is 0 Å². The Morgan fingerprint density at radius 2 is 0.757 bits per heavy atom. The molecule has 0 N–H and O–H groups in total. The molecule has 0 bridgehead atoms. The van der Waals surface area contributed by atoms with Crippen molar-refractivity contribution in [2.45, 2.75) is 10.8 Å². The molecule has 2 nitrogen and oxygen atoms in total. The topological polar surface area (TPSA) is 16.4 Å². The summed E-state index contributed by atoms with van der Waals surface area (Å²) < 4.78 is 6.60. The quantitative estimate of drug-likeness (QED) is 0.151. The van der Waals surface area contributed by atoms with Gasteiger partial charge in [-0.3, -0.25) is 0 Å². The summed E-state index contributed by atoms with van der Waals surface area (Å²) in [4.78, 5) is 2.56. The predicted octanol–water partition coefficient (Wildman–Crippen LogP) is 18.6. The van der Waals surface area contributed by atoms with E-state index in [0.717, 1.165) is 50.1 Å². The number of hydrogen-bond acceptors (Lipinski definition) is 2. The molecule has 2 aliphatic carbocycles. The molecule has 0 radical (unpaired) electrons. The molecule has 2 heteroatoms. The Kier molecular flexibility index (Phi) is 9.43. The lowest BCUT2D eigenvalue weighted by molar-refractivity contribution is 0.669. The van der Waals surface area contributed by atoms with Crippen molar-refractivity contribution in [2.75, 3.05) is 4.90 Å². The maximum Gasteiger partial charge on any atom is 0.136 e. The summed E-state index contributed by atoms with van der Waals surface area (Å²) in [5.74, 6) is 0. The second-order valence-corrected chi connectivity index (χ2v) is 19.8. The van der Waals surface area contributed by atoms with Crippen LogP contribution in [0.2, 0.25) is 0 Å². The van der Waals surface area contributed by atoms with Gasteiger partial charge in [0.15, 0.2) is 0 Å². The van der Waals surface area contributed by atoms with E-state index < -0.39 is 10.8 Å². The summed E-state index contributed by atoms with van der Waals surface area (Å²) in [5, 5.41) is 4.57. The number of rotatable bonds is 8. The number of fused-ring (bicyclic) bond motifs is 10. The molecular weight excluding hydrogens is 895 g/mol. The molecule has 1 aromatic heterocycles. The fourth-order valence-electron chi connectivity index (χ4n) is 13.2. The third-order valence-corrected chi connectivity index (χ3v) is 16.2. The summed E-state index contributed by atoms with van der Waals surface area (Å²) in [6, 6.07) is 106. The molecule has 13 aromatic rings. The van der Waals surface area contributed by atoms with E-state index in [4.69, 9.17) is 4.42 Å². The average molecular weight is 942 g/mol. The van der Waals surface area contributed by atoms with E-state index in [9.17, 15) is 0 Å². The number of furan rings is 1. The molecule has 0 fully saturated rings. The maximum absolute atomic E-state index is 6.60. The fourth-order valence-corrected chi connectivity index (χ4v) is 13.2. The first-order valence-corrected chi connectivity index (χ1v) is 25.7. The van der Waals surface area contributed by atoms with Crippen LogP contribution >= 0.6 is 0 Å². The summed E-state index contributed by atoms with van der Waals surface area (Å²) in [6.07, 6.45) is 0. The Bertz CT molecular complexity index is 4230. The molecule has 0 atom stereocenters. The largest absolute Gasteiger partial charge is 0.456 e. The lowest BCUT2D eigenvalue weighted by Crippen LogP contribution is -2.29. The molecule has 0 saturated carbocycles. The Balaban J connectivity index is 1.04. The van der Waals surface area contributed by atoms with Gasteiger partial charge in [0, 0.05) is 27.6 Å². The number of para-hydroxylation sites is 1. The lowest BCUT2D eigenvalue weighted by Gasteiger charge is -2.36. The molecule has 0 spiro atoms. The molecule has 1 heterocycles. The van der Waals surface area contributed by atoms with Crippen LogP contribution in [0.25, 0.3) is 66.1 Å². The van der Waals surface area contributed by atoms with Gasteiger partial charge in [0.2, 0.25) is 0 Å². The Hall–Kier alpha value is -9.50. The summed E-state index contributed by atoms with van der Waals surface area (Å²) >= 11 is 0. The number of nitrogens with zero attached hydrogens (tertiary/aromatic N) is 1. The second kappa shape index (κ2) is 16.5. The van der Waals surface area contributed by atoms with Crippen molar-refractivity contribution in [1.82, 2.24) is 0 Å². The van der Waals surface area contributed by atoms with Gasteiger partial charge in [0.05, 0.1) is 22.2 Å². The molecular formula is C72H47NO. The van der Waals surface area contributed by atoms with Crippen LogP contribution in [0.1, 0.15) is 44.5 Å². The van der Waals surface area contributed by atoms with Crippen LogP contribution in [0.3, 0.4) is 0 Å². The Morgan fingerprint density at radius 1 is 0.284 bits per heavy atom. The number of anilines is 3. The van der Waals surface area contributed by atoms with Crippen LogP contribution in [-0.4, -0.2) is 0 Å².